The summed E-state index contributed by atoms with van der Waals surface area (Å²) >= 11 is 0. The predicted octanol–water partition coefficient (Wildman–Crippen LogP) is 4.43. The van der Waals surface area contributed by atoms with Crippen molar-refractivity contribution < 1.29 is 31.1 Å². The Balaban J connectivity index is -0.000000208. The number of nitrogens with zero attached hydrogens (tertiary/aromatic N) is 2. The molecule has 0 saturated heterocycles. The van der Waals surface area contributed by atoms with E-state index in [1.807, 2.05) is 79.1 Å². The van der Waals surface area contributed by atoms with Crippen molar-refractivity contribution in [3.63, 3.8) is 0 Å². The topological polar surface area (TPSA) is 28.2 Å². The van der Waals surface area contributed by atoms with Crippen LogP contribution < -0.4 is 0 Å². The third-order valence-electron chi connectivity index (χ3n) is 1.78. The average molecular weight is 486 g/mol. The van der Waals surface area contributed by atoms with E-state index in [9.17, 15) is 0 Å². The van der Waals surface area contributed by atoms with E-state index in [2.05, 4.69) is 10.6 Å². The number of rotatable bonds is 4. The smallest absolute Gasteiger partial charge is 0.663 e. The van der Waals surface area contributed by atoms with Gasteiger partial charge in [-0.15, -0.1) is 0 Å². The summed E-state index contributed by atoms with van der Waals surface area (Å²) in [6.45, 7) is 12.1. The van der Waals surface area contributed by atoms with E-state index in [1.54, 1.807) is 0 Å². The SMILES string of the molecule is CC[N-]CC.CC[N-]CC.[CH]1[CH][CH][CH][CH][CH][CH][CH]1.[U+2]. The van der Waals surface area contributed by atoms with Crippen LogP contribution in [0.5, 0.6) is 0 Å². The number of hydrogen-bond donors (Lipinski definition) is 0. The van der Waals surface area contributed by atoms with Crippen LogP contribution in [-0.2, 0) is 0 Å². The molecule has 1 saturated carbocycles. The summed E-state index contributed by atoms with van der Waals surface area (Å²) in [7, 11) is 0. The zero-order chi connectivity index (χ0) is 13.9. The van der Waals surface area contributed by atoms with E-state index in [4.69, 9.17) is 0 Å². The van der Waals surface area contributed by atoms with Crippen molar-refractivity contribution in [2.24, 2.45) is 0 Å². The quantitative estimate of drug-likeness (QED) is 0.563. The summed E-state index contributed by atoms with van der Waals surface area (Å²) < 4.78 is 0. The van der Waals surface area contributed by atoms with Gasteiger partial charge in [-0.1, -0.05) is 27.7 Å². The van der Waals surface area contributed by atoms with Crippen molar-refractivity contribution >= 4 is 0 Å². The van der Waals surface area contributed by atoms with Crippen molar-refractivity contribution in [2.75, 3.05) is 26.2 Å². The zero-order valence-electron chi connectivity index (χ0n) is 12.8. The Labute approximate surface area is 146 Å². The maximum atomic E-state index is 3.97. The molecule has 3 heteroatoms. The van der Waals surface area contributed by atoms with E-state index in [1.165, 1.54) is 0 Å². The van der Waals surface area contributed by atoms with Gasteiger partial charge in [-0.3, -0.25) is 0 Å². The fraction of sp³-hybridized carbons (Fsp3) is 0.500. The third kappa shape index (κ3) is 32.5. The first-order valence-electron chi connectivity index (χ1n) is 6.76. The molecule has 0 heterocycles. The Morgan fingerprint density at radius 2 is 0.632 bits per heavy atom. The maximum absolute atomic E-state index is 3.97. The van der Waals surface area contributed by atoms with Crippen LogP contribution >= 0.6 is 0 Å². The number of hydrogen-bond acceptors (Lipinski definition) is 0. The fourth-order valence-corrected chi connectivity index (χ4v) is 0.960. The van der Waals surface area contributed by atoms with Gasteiger partial charge in [-0.2, -0.15) is 26.2 Å². The van der Waals surface area contributed by atoms with Crippen LogP contribution in [0.2, 0.25) is 0 Å². The average Bonchev–Trinajstić information content (AvgIpc) is 2.31. The van der Waals surface area contributed by atoms with Gasteiger partial charge < -0.3 is 10.6 Å². The summed E-state index contributed by atoms with van der Waals surface area (Å²) in [6.07, 6.45) is 16.0. The minimum Gasteiger partial charge on any atom is -0.663 e. The summed E-state index contributed by atoms with van der Waals surface area (Å²) in [4.78, 5) is 0. The van der Waals surface area contributed by atoms with Crippen molar-refractivity contribution in [1.29, 1.82) is 0 Å². The van der Waals surface area contributed by atoms with Crippen molar-refractivity contribution in [3.8, 4) is 0 Å². The van der Waals surface area contributed by atoms with E-state index in [-0.39, 0.29) is 31.1 Å². The molecule has 0 amide bonds. The first-order valence-corrected chi connectivity index (χ1v) is 6.76. The van der Waals surface area contributed by atoms with Crippen molar-refractivity contribution in [2.45, 2.75) is 27.7 Å². The van der Waals surface area contributed by atoms with Gasteiger partial charge >= 0.3 is 31.1 Å². The molecule has 0 spiro atoms. The Kier molecular flexibility index (Phi) is 35.9. The van der Waals surface area contributed by atoms with E-state index >= 15 is 0 Å². The maximum Gasteiger partial charge on any atom is 2.00 e. The van der Waals surface area contributed by atoms with Crippen LogP contribution in [-0.4, -0.2) is 26.2 Å². The second kappa shape index (κ2) is 27.3. The molecule has 0 aliphatic heterocycles. The van der Waals surface area contributed by atoms with Gasteiger partial charge in [0.2, 0.25) is 0 Å². The molecule has 0 unspecified atom stereocenters. The summed E-state index contributed by atoms with van der Waals surface area (Å²) in [5.74, 6) is 0. The summed E-state index contributed by atoms with van der Waals surface area (Å²) in [5, 5.41) is 7.94. The van der Waals surface area contributed by atoms with Crippen LogP contribution in [0.25, 0.3) is 10.6 Å². The van der Waals surface area contributed by atoms with Gasteiger partial charge in [0.05, 0.1) is 0 Å². The minimum absolute atomic E-state index is 0. The molecule has 0 atom stereocenters. The molecule has 1 aliphatic rings. The molecular weight excluding hydrogens is 458 g/mol. The zero-order valence-corrected chi connectivity index (χ0v) is 17.0. The largest absolute Gasteiger partial charge is 2.00 e. The molecule has 1 rings (SSSR count). The molecule has 2 nitrogen and oxygen atoms in total. The molecule has 0 N–H and O–H groups in total. The van der Waals surface area contributed by atoms with Crippen LogP contribution in [0.15, 0.2) is 0 Å². The van der Waals surface area contributed by atoms with Crippen LogP contribution in [0.4, 0.5) is 0 Å². The Hall–Kier alpha value is 0.972. The van der Waals surface area contributed by atoms with Crippen molar-refractivity contribution in [3.05, 3.63) is 62.0 Å². The van der Waals surface area contributed by atoms with Crippen molar-refractivity contribution in [1.82, 2.24) is 0 Å². The van der Waals surface area contributed by atoms with Crippen LogP contribution in [0.1, 0.15) is 27.7 Å². The van der Waals surface area contributed by atoms with Crippen LogP contribution in [0, 0.1) is 82.5 Å². The van der Waals surface area contributed by atoms with Gasteiger partial charge in [0, 0.05) is 0 Å². The first kappa shape index (κ1) is 25.0. The molecule has 106 valence electrons. The fourth-order valence-electron chi connectivity index (χ4n) is 0.960. The minimum atomic E-state index is 0. The van der Waals surface area contributed by atoms with Crippen LogP contribution in [0.3, 0.4) is 0 Å². The summed E-state index contributed by atoms with van der Waals surface area (Å²) in [5.41, 5.74) is 0. The molecule has 0 aromatic carbocycles. The van der Waals surface area contributed by atoms with Gasteiger partial charge in [-0.05, 0) is 51.4 Å². The molecule has 0 bridgehead atoms. The van der Waals surface area contributed by atoms with Gasteiger partial charge in [0.15, 0.2) is 0 Å². The third-order valence-corrected chi connectivity index (χ3v) is 1.78. The predicted molar refractivity (Wildman–Crippen MR) is 83.3 cm³/mol. The standard InChI is InChI=1S/C8H8.2C4H10N.U/c1-2-4-6-8-7-5-3-1;2*1-3-5-4-2;/h1-8H;2*3-4H2,1-2H3;/q;2*-1;+2. The Morgan fingerprint density at radius 3 is 0.684 bits per heavy atom. The van der Waals surface area contributed by atoms with Gasteiger partial charge in [0.25, 0.3) is 0 Å². The normalized spacial score (nSPS) is 14.5. The molecule has 1 aliphatic carbocycles. The monoisotopic (exact) mass is 486 g/mol. The molecule has 19 heavy (non-hydrogen) atoms. The second-order valence-electron chi connectivity index (χ2n) is 3.25. The first-order chi connectivity index (χ1) is 8.83. The summed E-state index contributed by atoms with van der Waals surface area (Å²) in [6, 6.07) is 0. The van der Waals surface area contributed by atoms with Gasteiger partial charge in [-0.25, -0.2) is 0 Å². The Morgan fingerprint density at radius 1 is 0.474 bits per heavy atom. The van der Waals surface area contributed by atoms with E-state index in [0.29, 0.717) is 0 Å². The van der Waals surface area contributed by atoms with Gasteiger partial charge in [0.1, 0.15) is 0 Å². The molecule has 1 fully saturated rings. The molecule has 8 radical (unpaired) electrons. The molecule has 0 aromatic rings. The molecular formula is C16H28N2U. The second-order valence-corrected chi connectivity index (χ2v) is 3.25. The Bertz CT molecular complexity index is 87.3. The van der Waals surface area contributed by atoms with E-state index < -0.39 is 0 Å². The molecule has 0 aromatic heterocycles. The van der Waals surface area contributed by atoms with E-state index in [0.717, 1.165) is 26.2 Å².